The molecule has 20 heavy (non-hydrogen) atoms. The molecular weight excluding hydrogens is 280 g/mol. The van der Waals surface area contributed by atoms with Crippen molar-refractivity contribution in [2.75, 3.05) is 0 Å². The SMILES string of the molecule is CC(C)(C)OC(=O)c1[nH]c2ccccc2c1N=S(=O)=O. The zero-order valence-electron chi connectivity index (χ0n) is 11.3. The van der Waals surface area contributed by atoms with Gasteiger partial charge in [-0.25, -0.2) is 4.79 Å². The van der Waals surface area contributed by atoms with Crippen LogP contribution in [0.3, 0.4) is 0 Å². The number of ether oxygens (including phenoxy) is 1. The number of fused-ring (bicyclic) bond motifs is 1. The maximum Gasteiger partial charge on any atom is 0.357 e. The number of hydrogen-bond donors (Lipinski definition) is 1. The summed E-state index contributed by atoms with van der Waals surface area (Å²) in [7, 11) is -2.65. The predicted octanol–water partition coefficient (Wildman–Crippen LogP) is 2.82. The largest absolute Gasteiger partial charge is 0.455 e. The Morgan fingerprint density at radius 1 is 1.25 bits per heavy atom. The minimum absolute atomic E-state index is 0.0327. The third-order valence-corrected chi connectivity index (χ3v) is 2.78. The van der Waals surface area contributed by atoms with Crippen LogP contribution in [0.25, 0.3) is 10.9 Å². The fraction of sp³-hybridized carbons (Fsp3) is 0.308. The molecule has 106 valence electrons. The van der Waals surface area contributed by atoms with Crippen molar-refractivity contribution in [2.45, 2.75) is 26.4 Å². The lowest BCUT2D eigenvalue weighted by atomic mass is 10.2. The molecule has 1 heterocycles. The lowest BCUT2D eigenvalue weighted by Gasteiger charge is -2.18. The van der Waals surface area contributed by atoms with Crippen LogP contribution in [0.2, 0.25) is 0 Å². The molecule has 0 aliphatic carbocycles. The van der Waals surface area contributed by atoms with Gasteiger partial charge in [0, 0.05) is 10.9 Å². The van der Waals surface area contributed by atoms with Crippen molar-refractivity contribution in [3.63, 3.8) is 0 Å². The second kappa shape index (κ2) is 5.09. The number of para-hydroxylation sites is 1. The van der Waals surface area contributed by atoms with Crippen LogP contribution in [0, 0.1) is 0 Å². The monoisotopic (exact) mass is 294 g/mol. The molecule has 1 aromatic carbocycles. The smallest absolute Gasteiger partial charge is 0.357 e. The standard InChI is InChI=1S/C13H14N2O4S/c1-13(2,3)19-12(16)11-10(15-20(17)18)8-6-4-5-7-9(8)14-11/h4-7,14H,1-3H3. The third-order valence-electron chi connectivity index (χ3n) is 2.45. The molecule has 0 atom stereocenters. The summed E-state index contributed by atoms with van der Waals surface area (Å²) in [5, 5.41) is 0.553. The highest BCUT2D eigenvalue weighted by atomic mass is 32.2. The summed E-state index contributed by atoms with van der Waals surface area (Å²) < 4.78 is 30.4. The van der Waals surface area contributed by atoms with Gasteiger partial charge in [0.05, 0.1) is 0 Å². The highest BCUT2D eigenvalue weighted by Crippen LogP contribution is 2.31. The number of hydrogen-bond acceptors (Lipinski definition) is 5. The summed E-state index contributed by atoms with van der Waals surface area (Å²) >= 11 is 0. The summed E-state index contributed by atoms with van der Waals surface area (Å²) in [6.07, 6.45) is 0. The van der Waals surface area contributed by atoms with Crippen LogP contribution in [0.4, 0.5) is 5.69 Å². The number of benzene rings is 1. The van der Waals surface area contributed by atoms with Crippen molar-refractivity contribution in [1.29, 1.82) is 0 Å². The number of aromatic nitrogens is 1. The van der Waals surface area contributed by atoms with Crippen molar-refractivity contribution >= 4 is 33.1 Å². The van der Waals surface area contributed by atoms with Crippen molar-refractivity contribution in [3.8, 4) is 0 Å². The number of H-pyrrole nitrogens is 1. The van der Waals surface area contributed by atoms with Crippen LogP contribution in [-0.2, 0) is 15.2 Å². The first-order valence-corrected chi connectivity index (χ1v) is 6.96. The second-order valence-electron chi connectivity index (χ2n) is 5.20. The van der Waals surface area contributed by atoms with Crippen molar-refractivity contribution in [1.82, 2.24) is 4.98 Å². The van der Waals surface area contributed by atoms with Gasteiger partial charge < -0.3 is 9.72 Å². The van der Waals surface area contributed by atoms with E-state index in [2.05, 4.69) is 9.35 Å². The summed E-state index contributed by atoms with van der Waals surface area (Å²) in [5.74, 6) is -0.641. The van der Waals surface area contributed by atoms with Gasteiger partial charge in [-0.05, 0) is 26.8 Å². The molecule has 2 aromatic rings. The van der Waals surface area contributed by atoms with E-state index in [0.717, 1.165) is 0 Å². The van der Waals surface area contributed by atoms with Gasteiger partial charge >= 0.3 is 16.5 Å². The molecule has 7 heteroatoms. The Morgan fingerprint density at radius 3 is 2.50 bits per heavy atom. The Kier molecular flexibility index (Phi) is 3.63. The molecule has 0 aliphatic rings. The molecular formula is C13H14N2O4S. The highest BCUT2D eigenvalue weighted by Gasteiger charge is 2.24. The second-order valence-corrected chi connectivity index (χ2v) is 5.82. The fourth-order valence-corrected chi connectivity index (χ4v) is 2.11. The minimum atomic E-state index is -2.65. The van der Waals surface area contributed by atoms with E-state index in [1.54, 1.807) is 45.0 Å². The van der Waals surface area contributed by atoms with Gasteiger partial charge in [0.2, 0.25) is 0 Å². The normalized spacial score (nSPS) is 11.3. The molecule has 0 unspecified atom stereocenters. The minimum Gasteiger partial charge on any atom is -0.455 e. The Bertz CT molecular complexity index is 789. The van der Waals surface area contributed by atoms with E-state index in [1.165, 1.54) is 0 Å². The molecule has 0 saturated carbocycles. The summed E-state index contributed by atoms with van der Waals surface area (Å²) in [6, 6.07) is 6.93. The Hall–Kier alpha value is -2.15. The summed E-state index contributed by atoms with van der Waals surface area (Å²) in [6.45, 7) is 5.20. The number of nitrogens with one attached hydrogen (secondary N) is 1. The number of carbonyl (C=O) groups excluding carboxylic acids is 1. The molecule has 0 amide bonds. The van der Waals surface area contributed by atoms with Crippen LogP contribution >= 0.6 is 0 Å². The van der Waals surface area contributed by atoms with Gasteiger partial charge in [-0.2, -0.15) is 8.42 Å². The molecule has 0 saturated heterocycles. The van der Waals surface area contributed by atoms with E-state index >= 15 is 0 Å². The van der Waals surface area contributed by atoms with Crippen LogP contribution in [-0.4, -0.2) is 25.0 Å². The van der Waals surface area contributed by atoms with Crippen LogP contribution < -0.4 is 0 Å². The average molecular weight is 294 g/mol. The van der Waals surface area contributed by atoms with Crippen molar-refractivity contribution in [2.24, 2.45) is 4.36 Å². The van der Waals surface area contributed by atoms with Gasteiger partial charge in [0.25, 0.3) is 0 Å². The van der Waals surface area contributed by atoms with E-state index in [9.17, 15) is 13.2 Å². The van der Waals surface area contributed by atoms with Gasteiger partial charge in [-0.15, -0.1) is 4.36 Å². The number of carbonyl (C=O) groups is 1. The molecule has 0 bridgehead atoms. The highest BCUT2D eigenvalue weighted by molar-refractivity contribution is 7.61. The quantitative estimate of drug-likeness (QED) is 0.862. The zero-order valence-corrected chi connectivity index (χ0v) is 12.1. The fourth-order valence-electron chi connectivity index (χ4n) is 1.77. The maximum absolute atomic E-state index is 12.1. The van der Waals surface area contributed by atoms with E-state index in [4.69, 9.17) is 4.74 Å². The molecule has 2 rings (SSSR count). The van der Waals surface area contributed by atoms with Crippen LogP contribution in [0.5, 0.6) is 0 Å². The first-order valence-electron chi connectivity index (χ1n) is 5.93. The Morgan fingerprint density at radius 2 is 1.90 bits per heavy atom. The first-order chi connectivity index (χ1) is 9.28. The van der Waals surface area contributed by atoms with Crippen LogP contribution in [0.15, 0.2) is 28.6 Å². The van der Waals surface area contributed by atoms with Gasteiger partial charge in [-0.3, -0.25) is 0 Å². The maximum atomic E-state index is 12.1. The third kappa shape index (κ3) is 3.05. The number of rotatable bonds is 2. The molecule has 0 aliphatic heterocycles. The molecule has 1 N–H and O–H groups in total. The molecule has 6 nitrogen and oxygen atoms in total. The molecule has 0 fully saturated rings. The Balaban J connectivity index is 2.63. The summed E-state index contributed by atoms with van der Waals surface area (Å²) in [5.41, 5.74) is 0.0495. The summed E-state index contributed by atoms with van der Waals surface area (Å²) in [4.78, 5) is 15.0. The molecule has 0 spiro atoms. The lowest BCUT2D eigenvalue weighted by Crippen LogP contribution is -2.24. The molecule has 0 radical (unpaired) electrons. The number of aromatic amines is 1. The zero-order chi connectivity index (χ0) is 14.9. The number of nitrogens with zero attached hydrogens (tertiary/aromatic N) is 1. The van der Waals surface area contributed by atoms with Crippen molar-refractivity contribution < 1.29 is 17.9 Å². The van der Waals surface area contributed by atoms with E-state index < -0.39 is 22.1 Å². The average Bonchev–Trinajstić information content (AvgIpc) is 2.66. The van der Waals surface area contributed by atoms with Gasteiger partial charge in [0.15, 0.2) is 5.69 Å². The molecule has 1 aromatic heterocycles. The van der Waals surface area contributed by atoms with Gasteiger partial charge in [-0.1, -0.05) is 18.2 Å². The van der Waals surface area contributed by atoms with E-state index in [1.807, 2.05) is 0 Å². The lowest BCUT2D eigenvalue weighted by molar-refractivity contribution is 0.00650. The number of esters is 1. The topological polar surface area (TPSA) is 88.6 Å². The van der Waals surface area contributed by atoms with E-state index in [-0.39, 0.29) is 11.4 Å². The van der Waals surface area contributed by atoms with Crippen LogP contribution in [0.1, 0.15) is 31.3 Å². The Labute approximate surface area is 117 Å². The predicted molar refractivity (Wildman–Crippen MR) is 74.5 cm³/mol. The van der Waals surface area contributed by atoms with E-state index in [0.29, 0.717) is 10.9 Å². The van der Waals surface area contributed by atoms with Gasteiger partial charge in [0.1, 0.15) is 11.3 Å². The first kappa shape index (κ1) is 14.3. The van der Waals surface area contributed by atoms with Crippen molar-refractivity contribution in [3.05, 3.63) is 30.0 Å².